The topological polar surface area (TPSA) is 86.5 Å². The Morgan fingerprint density at radius 2 is 1.62 bits per heavy atom. The van der Waals surface area contributed by atoms with Crippen LogP contribution in [0.15, 0.2) is 24.3 Å². The molecule has 2 N–H and O–H groups in total. The first-order valence-corrected chi connectivity index (χ1v) is 8.75. The van der Waals surface area contributed by atoms with Crippen LogP contribution in [-0.4, -0.2) is 14.2 Å². The van der Waals surface area contributed by atoms with Crippen molar-refractivity contribution in [1.82, 2.24) is 0 Å². The molecule has 0 heterocycles. The van der Waals surface area contributed by atoms with Crippen molar-refractivity contribution >= 4 is 16.1 Å². The molecule has 0 atom stereocenters. The average molecular weight is 313 g/mol. The molecule has 0 aromatic heterocycles. The molecule has 0 aliphatic rings. The maximum atomic E-state index is 11.9. The Hall–Kier alpha value is -1.40. The quantitative estimate of drug-likeness (QED) is 0.531. The number of unbranched alkanes of at least 4 members (excludes halogenated alkanes) is 5. The van der Waals surface area contributed by atoms with Gasteiger partial charge in [0.2, 0.25) is 0 Å². The molecule has 0 radical (unpaired) electrons. The number of Topliss-reactive ketones (excluding diaryl/α,β-unsaturated/α-hetero) is 1. The van der Waals surface area contributed by atoms with Crippen molar-refractivity contribution in [1.29, 1.82) is 0 Å². The summed E-state index contributed by atoms with van der Waals surface area (Å²) in [5, 5.41) is 4.76. The molecule has 21 heavy (non-hydrogen) atoms. The molecule has 0 spiro atoms. The molecule has 0 unspecified atom stereocenters. The zero-order valence-electron chi connectivity index (χ0n) is 12.4. The number of benzene rings is 1. The predicted octanol–water partition coefficient (Wildman–Crippen LogP) is 3.20. The Kier molecular flexibility index (Phi) is 7.39. The van der Waals surface area contributed by atoms with Crippen LogP contribution in [0.1, 0.15) is 62.2 Å². The summed E-state index contributed by atoms with van der Waals surface area (Å²) in [6.07, 6.45) is 7.33. The fourth-order valence-electron chi connectivity index (χ4n) is 2.04. The van der Waals surface area contributed by atoms with Crippen LogP contribution in [0.2, 0.25) is 0 Å². The Bertz CT molecular complexity index is 537. The van der Waals surface area contributed by atoms with Crippen molar-refractivity contribution < 1.29 is 17.4 Å². The van der Waals surface area contributed by atoms with Crippen molar-refractivity contribution in [3.8, 4) is 5.75 Å². The molecule has 1 aromatic carbocycles. The smallest absolute Gasteiger partial charge is 0.371 e. The Labute approximate surface area is 126 Å². The van der Waals surface area contributed by atoms with Crippen LogP contribution >= 0.6 is 0 Å². The summed E-state index contributed by atoms with van der Waals surface area (Å²) < 4.78 is 26.0. The van der Waals surface area contributed by atoms with Gasteiger partial charge in [-0.15, -0.1) is 0 Å². The maximum Gasteiger partial charge on any atom is 0.380 e. The lowest BCUT2D eigenvalue weighted by molar-refractivity contribution is 0.0979. The molecule has 1 rings (SSSR count). The fourth-order valence-corrected chi connectivity index (χ4v) is 2.42. The zero-order chi connectivity index (χ0) is 15.7. The first kappa shape index (κ1) is 17.7. The van der Waals surface area contributed by atoms with Gasteiger partial charge >= 0.3 is 10.3 Å². The number of carbonyl (C=O) groups is 1. The van der Waals surface area contributed by atoms with Gasteiger partial charge in [-0.05, 0) is 30.7 Å². The third-order valence-electron chi connectivity index (χ3n) is 3.15. The highest BCUT2D eigenvalue weighted by Crippen LogP contribution is 2.16. The summed E-state index contributed by atoms with van der Waals surface area (Å²) >= 11 is 0. The number of ketones is 1. The normalized spacial score (nSPS) is 11.3. The van der Waals surface area contributed by atoms with Crippen LogP contribution in [-0.2, 0) is 10.3 Å². The van der Waals surface area contributed by atoms with Crippen molar-refractivity contribution in [2.45, 2.75) is 51.9 Å². The van der Waals surface area contributed by atoms with E-state index in [2.05, 4.69) is 11.1 Å². The van der Waals surface area contributed by atoms with Gasteiger partial charge in [-0.25, -0.2) is 0 Å². The molecule has 1 aromatic rings. The summed E-state index contributed by atoms with van der Waals surface area (Å²) in [5.41, 5.74) is 0.560. The van der Waals surface area contributed by atoms with E-state index in [1.807, 2.05) is 0 Å². The summed E-state index contributed by atoms with van der Waals surface area (Å²) in [7, 11) is -4.02. The molecule has 118 valence electrons. The monoisotopic (exact) mass is 313 g/mol. The first-order valence-electron chi connectivity index (χ1n) is 7.28. The molecular weight excluding hydrogens is 290 g/mol. The molecular formula is C15H23NO4S. The van der Waals surface area contributed by atoms with E-state index < -0.39 is 10.3 Å². The van der Waals surface area contributed by atoms with Crippen molar-refractivity contribution in [3.05, 3.63) is 29.8 Å². The molecule has 0 saturated heterocycles. The van der Waals surface area contributed by atoms with E-state index in [9.17, 15) is 13.2 Å². The predicted molar refractivity (Wildman–Crippen MR) is 82.5 cm³/mol. The minimum atomic E-state index is -4.02. The van der Waals surface area contributed by atoms with Crippen LogP contribution in [0, 0.1) is 0 Å². The first-order chi connectivity index (χ1) is 9.92. The van der Waals surface area contributed by atoms with E-state index in [0.29, 0.717) is 12.0 Å². The number of carbonyl (C=O) groups excluding carboxylic acids is 1. The van der Waals surface area contributed by atoms with Crippen LogP contribution in [0.4, 0.5) is 0 Å². The molecule has 0 bridgehead atoms. The molecule has 0 amide bonds. The van der Waals surface area contributed by atoms with Crippen LogP contribution < -0.4 is 9.32 Å². The van der Waals surface area contributed by atoms with Gasteiger partial charge in [-0.2, -0.15) is 13.6 Å². The van der Waals surface area contributed by atoms with E-state index in [4.69, 9.17) is 5.14 Å². The standard InChI is InChI=1S/C15H23NO4S/c1-2-3-4-5-6-7-8-15(17)13-9-11-14(12-10-13)20-21(16,18)19/h9-12H,2-8H2,1H3,(H2,16,18,19). The van der Waals surface area contributed by atoms with E-state index in [1.54, 1.807) is 12.1 Å². The lowest BCUT2D eigenvalue weighted by Gasteiger charge is -2.04. The second-order valence-electron chi connectivity index (χ2n) is 5.04. The minimum Gasteiger partial charge on any atom is -0.371 e. The van der Waals surface area contributed by atoms with Gasteiger partial charge in [0.1, 0.15) is 5.75 Å². The largest absolute Gasteiger partial charge is 0.380 e. The van der Waals surface area contributed by atoms with Gasteiger partial charge in [0.15, 0.2) is 5.78 Å². The Morgan fingerprint density at radius 1 is 1.05 bits per heavy atom. The van der Waals surface area contributed by atoms with Crippen LogP contribution in [0.3, 0.4) is 0 Å². The number of rotatable bonds is 10. The van der Waals surface area contributed by atoms with E-state index >= 15 is 0 Å². The highest BCUT2D eigenvalue weighted by Gasteiger charge is 2.08. The Balaban J connectivity index is 2.38. The third kappa shape index (κ3) is 7.82. The molecule has 5 nitrogen and oxygen atoms in total. The van der Waals surface area contributed by atoms with E-state index in [-0.39, 0.29) is 11.5 Å². The number of nitrogens with two attached hydrogens (primary N) is 1. The molecule has 6 heteroatoms. The van der Waals surface area contributed by atoms with Gasteiger partial charge in [-0.3, -0.25) is 4.79 Å². The molecule has 0 saturated carbocycles. The Morgan fingerprint density at radius 3 is 2.19 bits per heavy atom. The minimum absolute atomic E-state index is 0.0626. The highest BCUT2D eigenvalue weighted by molar-refractivity contribution is 7.84. The average Bonchev–Trinajstić information content (AvgIpc) is 2.41. The lowest BCUT2D eigenvalue weighted by atomic mass is 10.0. The maximum absolute atomic E-state index is 11.9. The van der Waals surface area contributed by atoms with Gasteiger partial charge in [-0.1, -0.05) is 39.0 Å². The fraction of sp³-hybridized carbons (Fsp3) is 0.533. The number of hydrogen-bond acceptors (Lipinski definition) is 4. The molecule has 0 aliphatic carbocycles. The highest BCUT2D eigenvalue weighted by atomic mass is 32.2. The van der Waals surface area contributed by atoms with Gasteiger partial charge in [0, 0.05) is 12.0 Å². The second kappa shape index (κ2) is 8.79. The van der Waals surface area contributed by atoms with Crippen molar-refractivity contribution in [3.63, 3.8) is 0 Å². The number of hydrogen-bond donors (Lipinski definition) is 1. The van der Waals surface area contributed by atoms with Gasteiger partial charge in [0.25, 0.3) is 0 Å². The second-order valence-corrected chi connectivity index (χ2v) is 6.19. The van der Waals surface area contributed by atoms with Crippen molar-refractivity contribution in [2.24, 2.45) is 5.14 Å². The SMILES string of the molecule is CCCCCCCCC(=O)c1ccc(OS(N)(=O)=O)cc1. The van der Waals surface area contributed by atoms with Crippen LogP contribution in [0.25, 0.3) is 0 Å². The van der Waals surface area contributed by atoms with Crippen molar-refractivity contribution in [2.75, 3.05) is 0 Å². The van der Waals surface area contributed by atoms with Gasteiger partial charge < -0.3 is 4.18 Å². The van der Waals surface area contributed by atoms with E-state index in [0.717, 1.165) is 12.8 Å². The van der Waals surface area contributed by atoms with Crippen LogP contribution in [0.5, 0.6) is 5.75 Å². The van der Waals surface area contributed by atoms with Gasteiger partial charge in [0.05, 0.1) is 0 Å². The summed E-state index contributed by atoms with van der Waals surface area (Å²) in [6.45, 7) is 2.17. The van der Waals surface area contributed by atoms with E-state index in [1.165, 1.54) is 37.8 Å². The summed E-state index contributed by atoms with van der Waals surface area (Å²) in [6, 6.07) is 5.97. The third-order valence-corrected chi connectivity index (χ3v) is 3.57. The lowest BCUT2D eigenvalue weighted by Crippen LogP contribution is -2.18. The molecule has 0 fully saturated rings. The summed E-state index contributed by atoms with van der Waals surface area (Å²) in [4.78, 5) is 11.9. The molecule has 0 aliphatic heterocycles. The zero-order valence-corrected chi connectivity index (χ0v) is 13.2. The summed E-state index contributed by atoms with van der Waals surface area (Å²) in [5.74, 6) is 0.168.